The van der Waals surface area contributed by atoms with Crippen LogP contribution in [-0.4, -0.2) is 7.05 Å². The molecular weight excluding hydrogens is 138 g/mol. The summed E-state index contributed by atoms with van der Waals surface area (Å²) in [5, 5.41) is 3.55. The zero-order chi connectivity index (χ0) is 6.85. The maximum absolute atomic E-state index is 5.69. The van der Waals surface area contributed by atoms with Crippen LogP contribution in [0.5, 0.6) is 0 Å². The minimum Gasteiger partial charge on any atom is -0.466 e. The summed E-state index contributed by atoms with van der Waals surface area (Å²) < 4.78 is 4.99. The first-order valence-corrected chi connectivity index (χ1v) is 3.05. The van der Waals surface area contributed by atoms with Crippen molar-refractivity contribution in [3.05, 3.63) is 17.0 Å². The molecule has 1 N–H and O–H groups in total. The summed E-state index contributed by atoms with van der Waals surface area (Å²) in [7, 11) is 1.81. The molecule has 50 valence electrons. The summed E-state index contributed by atoms with van der Waals surface area (Å²) in [6.45, 7) is 1.86. The van der Waals surface area contributed by atoms with Gasteiger partial charge in [-0.25, -0.2) is 0 Å². The first-order valence-electron chi connectivity index (χ1n) is 2.67. The van der Waals surface area contributed by atoms with Crippen LogP contribution in [0.3, 0.4) is 0 Å². The lowest BCUT2D eigenvalue weighted by molar-refractivity contribution is 0.535. The molecule has 0 aliphatic rings. The van der Waals surface area contributed by atoms with E-state index in [0.29, 0.717) is 5.02 Å². The van der Waals surface area contributed by atoms with E-state index in [1.165, 1.54) is 6.26 Å². The highest BCUT2D eigenvalue weighted by molar-refractivity contribution is 6.33. The molecule has 0 fully saturated rings. The Hall–Kier alpha value is -0.630. The quantitative estimate of drug-likeness (QED) is 0.656. The van der Waals surface area contributed by atoms with Crippen LogP contribution in [0.1, 0.15) is 5.76 Å². The highest BCUT2D eigenvalue weighted by Crippen LogP contribution is 2.26. The number of anilines is 1. The Kier molecular flexibility index (Phi) is 1.67. The fourth-order valence-electron chi connectivity index (χ4n) is 0.722. The molecule has 0 aromatic carbocycles. The van der Waals surface area contributed by atoms with Crippen LogP contribution in [-0.2, 0) is 0 Å². The Labute approximate surface area is 58.8 Å². The van der Waals surface area contributed by atoms with Gasteiger partial charge in [0.05, 0.1) is 5.69 Å². The Morgan fingerprint density at radius 3 is 2.56 bits per heavy atom. The second-order valence-corrected chi connectivity index (χ2v) is 2.17. The average molecular weight is 146 g/mol. The topological polar surface area (TPSA) is 25.2 Å². The fraction of sp³-hybridized carbons (Fsp3) is 0.333. The molecule has 0 aliphatic heterocycles. The SMILES string of the molecule is CNc1c(Cl)coc1C. The van der Waals surface area contributed by atoms with Gasteiger partial charge in [-0.15, -0.1) is 0 Å². The van der Waals surface area contributed by atoms with Crippen LogP contribution in [0, 0.1) is 6.92 Å². The lowest BCUT2D eigenvalue weighted by Gasteiger charge is -1.94. The molecule has 0 radical (unpaired) electrons. The molecular formula is C6H8ClNO. The Morgan fingerprint density at radius 1 is 1.67 bits per heavy atom. The van der Waals surface area contributed by atoms with Gasteiger partial charge in [0.25, 0.3) is 0 Å². The van der Waals surface area contributed by atoms with Crippen LogP contribution in [0.2, 0.25) is 5.02 Å². The lowest BCUT2D eigenvalue weighted by atomic mass is 10.4. The number of rotatable bonds is 1. The van der Waals surface area contributed by atoms with E-state index < -0.39 is 0 Å². The van der Waals surface area contributed by atoms with E-state index in [1.54, 1.807) is 0 Å². The highest BCUT2D eigenvalue weighted by atomic mass is 35.5. The number of nitrogens with one attached hydrogen (secondary N) is 1. The normalized spacial score (nSPS) is 9.67. The fourth-order valence-corrected chi connectivity index (χ4v) is 0.994. The summed E-state index contributed by atoms with van der Waals surface area (Å²) in [6.07, 6.45) is 1.52. The molecule has 1 aromatic heterocycles. The van der Waals surface area contributed by atoms with Crippen LogP contribution in [0.25, 0.3) is 0 Å². The molecule has 0 bridgehead atoms. The Bertz CT molecular complexity index is 187. The third-order valence-electron chi connectivity index (χ3n) is 1.18. The predicted molar refractivity (Wildman–Crippen MR) is 38.0 cm³/mol. The molecule has 0 aliphatic carbocycles. The monoisotopic (exact) mass is 145 g/mol. The number of furan rings is 1. The van der Waals surface area contributed by atoms with Crippen LogP contribution in [0.4, 0.5) is 5.69 Å². The zero-order valence-electron chi connectivity index (χ0n) is 5.36. The van der Waals surface area contributed by atoms with Gasteiger partial charge in [0.2, 0.25) is 0 Å². The molecule has 1 aromatic rings. The van der Waals surface area contributed by atoms with E-state index in [0.717, 1.165) is 11.4 Å². The molecule has 3 heteroatoms. The standard InChI is InChI=1S/C6H8ClNO/c1-4-6(8-2)5(7)3-9-4/h3,8H,1-2H3. The van der Waals surface area contributed by atoms with Gasteiger partial charge in [0.15, 0.2) is 0 Å². The van der Waals surface area contributed by atoms with Crippen molar-refractivity contribution in [1.29, 1.82) is 0 Å². The molecule has 0 unspecified atom stereocenters. The van der Waals surface area contributed by atoms with Crippen molar-refractivity contribution >= 4 is 17.3 Å². The van der Waals surface area contributed by atoms with Crippen molar-refractivity contribution < 1.29 is 4.42 Å². The molecule has 1 rings (SSSR count). The van der Waals surface area contributed by atoms with Crippen molar-refractivity contribution in [2.24, 2.45) is 0 Å². The van der Waals surface area contributed by atoms with Gasteiger partial charge in [-0.2, -0.15) is 0 Å². The largest absolute Gasteiger partial charge is 0.466 e. The number of hydrogen-bond donors (Lipinski definition) is 1. The molecule has 0 atom stereocenters. The van der Waals surface area contributed by atoms with E-state index >= 15 is 0 Å². The number of hydrogen-bond acceptors (Lipinski definition) is 2. The highest BCUT2D eigenvalue weighted by Gasteiger charge is 2.03. The smallest absolute Gasteiger partial charge is 0.125 e. The van der Waals surface area contributed by atoms with Gasteiger partial charge in [0, 0.05) is 7.05 Å². The van der Waals surface area contributed by atoms with Crippen molar-refractivity contribution in [3.63, 3.8) is 0 Å². The van der Waals surface area contributed by atoms with Gasteiger partial charge >= 0.3 is 0 Å². The van der Waals surface area contributed by atoms with E-state index in [1.807, 2.05) is 14.0 Å². The third kappa shape index (κ3) is 1.03. The first kappa shape index (κ1) is 6.49. The van der Waals surface area contributed by atoms with E-state index in [9.17, 15) is 0 Å². The maximum Gasteiger partial charge on any atom is 0.125 e. The summed E-state index contributed by atoms with van der Waals surface area (Å²) in [5.74, 6) is 0.822. The molecule has 0 spiro atoms. The van der Waals surface area contributed by atoms with Gasteiger partial charge in [-0.3, -0.25) is 0 Å². The lowest BCUT2D eigenvalue weighted by Crippen LogP contribution is -1.86. The summed E-state index contributed by atoms with van der Waals surface area (Å²) in [6, 6.07) is 0. The summed E-state index contributed by atoms with van der Waals surface area (Å²) in [4.78, 5) is 0. The average Bonchev–Trinajstić information content (AvgIpc) is 2.12. The predicted octanol–water partition coefficient (Wildman–Crippen LogP) is 2.28. The minimum atomic E-state index is 0.634. The second-order valence-electron chi connectivity index (χ2n) is 1.76. The maximum atomic E-state index is 5.69. The second kappa shape index (κ2) is 2.31. The Morgan fingerprint density at radius 2 is 2.33 bits per heavy atom. The minimum absolute atomic E-state index is 0.634. The Balaban J connectivity index is 3.07. The van der Waals surface area contributed by atoms with Gasteiger partial charge in [-0.1, -0.05) is 11.6 Å². The van der Waals surface area contributed by atoms with Gasteiger partial charge < -0.3 is 9.73 Å². The van der Waals surface area contributed by atoms with E-state index in [4.69, 9.17) is 16.0 Å². The molecule has 9 heavy (non-hydrogen) atoms. The molecule has 1 heterocycles. The van der Waals surface area contributed by atoms with Crippen molar-refractivity contribution in [2.75, 3.05) is 12.4 Å². The van der Waals surface area contributed by atoms with Crippen LogP contribution >= 0.6 is 11.6 Å². The van der Waals surface area contributed by atoms with Gasteiger partial charge in [-0.05, 0) is 6.92 Å². The van der Waals surface area contributed by atoms with E-state index in [2.05, 4.69) is 5.32 Å². The summed E-state index contributed by atoms with van der Waals surface area (Å²) in [5.41, 5.74) is 0.872. The van der Waals surface area contributed by atoms with Crippen LogP contribution < -0.4 is 5.32 Å². The number of aryl methyl sites for hydroxylation is 1. The van der Waals surface area contributed by atoms with Crippen molar-refractivity contribution in [1.82, 2.24) is 0 Å². The first-order chi connectivity index (χ1) is 4.25. The van der Waals surface area contributed by atoms with Crippen molar-refractivity contribution in [2.45, 2.75) is 6.92 Å². The third-order valence-corrected chi connectivity index (χ3v) is 1.46. The van der Waals surface area contributed by atoms with Crippen molar-refractivity contribution in [3.8, 4) is 0 Å². The van der Waals surface area contributed by atoms with Crippen LogP contribution in [0.15, 0.2) is 10.7 Å². The van der Waals surface area contributed by atoms with E-state index in [-0.39, 0.29) is 0 Å². The molecule has 0 amide bonds. The molecule has 0 saturated carbocycles. The summed E-state index contributed by atoms with van der Waals surface area (Å²) >= 11 is 5.69. The zero-order valence-corrected chi connectivity index (χ0v) is 6.12. The van der Waals surface area contributed by atoms with Gasteiger partial charge in [0.1, 0.15) is 17.0 Å². The number of halogens is 1. The molecule has 2 nitrogen and oxygen atoms in total. The molecule has 0 saturated heterocycles.